The molecule has 140 valence electrons. The number of rotatable bonds is 5. The number of hydrogen-bond acceptors (Lipinski definition) is 6. The summed E-state index contributed by atoms with van der Waals surface area (Å²) in [6.45, 7) is 1.88. The van der Waals surface area contributed by atoms with E-state index in [1.165, 1.54) is 19.4 Å². The van der Waals surface area contributed by atoms with Crippen LogP contribution in [0.3, 0.4) is 0 Å². The molecule has 0 atom stereocenters. The summed E-state index contributed by atoms with van der Waals surface area (Å²) in [5, 5.41) is 3.59. The van der Waals surface area contributed by atoms with Crippen LogP contribution in [0.4, 0.5) is 15.9 Å². The molecule has 2 N–H and O–H groups in total. The van der Waals surface area contributed by atoms with Crippen LogP contribution in [0, 0.1) is 12.9 Å². The molecule has 0 fully saturated rings. The molecular formula is C20H16FN5O2. The number of nitrogens with zero attached hydrogens (tertiary/aromatic N) is 3. The van der Waals surface area contributed by atoms with E-state index in [1.807, 2.05) is 13.0 Å². The first kappa shape index (κ1) is 17.6. The maximum atomic E-state index is 14.6. The summed E-state index contributed by atoms with van der Waals surface area (Å²) in [6.07, 6.45) is 4.77. The number of halogens is 1. The Morgan fingerprint density at radius 2 is 2.00 bits per heavy atom. The molecule has 0 bridgehead atoms. The van der Waals surface area contributed by atoms with Crippen LogP contribution in [0.25, 0.3) is 11.0 Å². The highest BCUT2D eigenvalue weighted by molar-refractivity contribution is 6.16. The summed E-state index contributed by atoms with van der Waals surface area (Å²) >= 11 is 0. The van der Waals surface area contributed by atoms with Crippen LogP contribution in [0.15, 0.2) is 48.9 Å². The van der Waals surface area contributed by atoms with E-state index in [0.717, 1.165) is 5.56 Å². The average molecular weight is 377 g/mol. The molecule has 8 heteroatoms. The number of pyridine rings is 3. The zero-order valence-corrected chi connectivity index (χ0v) is 15.2. The van der Waals surface area contributed by atoms with Gasteiger partial charge in [0, 0.05) is 29.4 Å². The van der Waals surface area contributed by atoms with Crippen LogP contribution in [0.5, 0.6) is 5.88 Å². The van der Waals surface area contributed by atoms with Crippen molar-refractivity contribution in [3.05, 3.63) is 71.6 Å². The summed E-state index contributed by atoms with van der Waals surface area (Å²) in [5.41, 5.74) is 2.35. The van der Waals surface area contributed by atoms with Gasteiger partial charge in [0.2, 0.25) is 11.8 Å². The van der Waals surface area contributed by atoms with Gasteiger partial charge in [-0.25, -0.2) is 15.0 Å². The Bertz CT molecular complexity index is 1170. The molecule has 0 saturated carbocycles. The number of nitrogens with one attached hydrogen (secondary N) is 2. The lowest BCUT2D eigenvalue weighted by Crippen LogP contribution is -2.07. The predicted molar refractivity (Wildman–Crippen MR) is 103 cm³/mol. The monoisotopic (exact) mass is 377 g/mol. The normalized spacial score (nSPS) is 10.8. The first-order chi connectivity index (χ1) is 13.5. The average Bonchev–Trinajstić information content (AvgIpc) is 3.11. The maximum Gasteiger partial charge on any atom is 0.226 e. The number of carbonyl (C=O) groups excluding carboxylic acids is 1. The highest BCUT2D eigenvalue weighted by Gasteiger charge is 2.19. The fourth-order valence-corrected chi connectivity index (χ4v) is 2.84. The zero-order valence-electron chi connectivity index (χ0n) is 15.2. The molecule has 0 aliphatic heterocycles. The van der Waals surface area contributed by atoms with E-state index in [4.69, 9.17) is 4.74 Å². The van der Waals surface area contributed by atoms with E-state index in [-0.39, 0.29) is 11.4 Å². The SMILES string of the molecule is COc1ccc(Nc2ccc(C(=O)c3c[nH]c4ncc(C)cc34)c(F)n2)cn1. The largest absolute Gasteiger partial charge is 0.481 e. The van der Waals surface area contributed by atoms with Crippen LogP contribution < -0.4 is 10.1 Å². The van der Waals surface area contributed by atoms with Gasteiger partial charge in [-0.15, -0.1) is 0 Å². The number of hydrogen-bond donors (Lipinski definition) is 2. The number of carbonyl (C=O) groups is 1. The fraction of sp³-hybridized carbons (Fsp3) is 0.100. The molecule has 7 nitrogen and oxygen atoms in total. The lowest BCUT2D eigenvalue weighted by atomic mass is 10.0. The second kappa shape index (κ2) is 7.07. The van der Waals surface area contributed by atoms with Crippen molar-refractivity contribution in [1.29, 1.82) is 0 Å². The minimum atomic E-state index is -0.855. The summed E-state index contributed by atoms with van der Waals surface area (Å²) in [7, 11) is 1.52. The second-order valence-corrected chi connectivity index (χ2v) is 6.19. The minimum absolute atomic E-state index is 0.110. The first-order valence-electron chi connectivity index (χ1n) is 8.47. The highest BCUT2D eigenvalue weighted by Crippen LogP contribution is 2.23. The van der Waals surface area contributed by atoms with E-state index >= 15 is 0 Å². The molecule has 0 spiro atoms. The van der Waals surface area contributed by atoms with Crippen molar-refractivity contribution in [2.24, 2.45) is 0 Å². The summed E-state index contributed by atoms with van der Waals surface area (Å²) in [4.78, 5) is 27.9. The summed E-state index contributed by atoms with van der Waals surface area (Å²) < 4.78 is 19.6. The number of ether oxygens (including phenoxy) is 1. The molecule has 4 heterocycles. The molecule has 4 aromatic rings. The number of aromatic amines is 1. The van der Waals surface area contributed by atoms with E-state index in [9.17, 15) is 9.18 Å². The van der Waals surface area contributed by atoms with Gasteiger partial charge in [-0.2, -0.15) is 4.39 Å². The van der Waals surface area contributed by atoms with Gasteiger partial charge in [-0.3, -0.25) is 4.79 Å². The van der Waals surface area contributed by atoms with E-state index in [2.05, 4.69) is 25.3 Å². The first-order valence-corrected chi connectivity index (χ1v) is 8.47. The third-order valence-electron chi connectivity index (χ3n) is 4.22. The van der Waals surface area contributed by atoms with Crippen LogP contribution in [0.1, 0.15) is 21.5 Å². The standard InChI is InChI=1S/C20H16FN5O2/c1-11-7-14-15(10-24-20(14)23-8-11)18(27)13-4-5-16(26-19(13)21)25-12-3-6-17(28-2)22-9-12/h3-10H,1-2H3,(H,23,24)(H,25,26). The predicted octanol–water partition coefficient (Wildman–Crippen LogP) is 3.78. The Balaban J connectivity index is 1.61. The third kappa shape index (κ3) is 3.27. The maximum absolute atomic E-state index is 14.6. The number of methoxy groups -OCH3 is 1. The van der Waals surface area contributed by atoms with Crippen LogP contribution >= 0.6 is 0 Å². The van der Waals surface area contributed by atoms with Gasteiger partial charge in [0.25, 0.3) is 0 Å². The summed E-state index contributed by atoms with van der Waals surface area (Å²) in [5.74, 6) is -0.584. The van der Waals surface area contributed by atoms with Crippen molar-refractivity contribution in [2.75, 3.05) is 12.4 Å². The van der Waals surface area contributed by atoms with Crippen molar-refractivity contribution < 1.29 is 13.9 Å². The van der Waals surface area contributed by atoms with Gasteiger partial charge in [0.1, 0.15) is 11.5 Å². The molecule has 0 saturated heterocycles. The van der Waals surface area contributed by atoms with Crippen LogP contribution in [-0.4, -0.2) is 32.8 Å². The number of aryl methyl sites for hydroxylation is 1. The number of anilines is 2. The molecule has 0 unspecified atom stereocenters. The molecule has 0 aliphatic rings. The number of ketones is 1. The molecule has 28 heavy (non-hydrogen) atoms. The second-order valence-electron chi connectivity index (χ2n) is 6.19. The van der Waals surface area contributed by atoms with E-state index in [1.54, 1.807) is 30.6 Å². The molecule has 0 aromatic carbocycles. The van der Waals surface area contributed by atoms with Crippen LogP contribution in [0.2, 0.25) is 0 Å². The lowest BCUT2D eigenvalue weighted by molar-refractivity contribution is 0.103. The van der Waals surface area contributed by atoms with Gasteiger partial charge < -0.3 is 15.0 Å². The van der Waals surface area contributed by atoms with Gasteiger partial charge in [-0.05, 0) is 36.8 Å². The molecule has 0 radical (unpaired) electrons. The van der Waals surface area contributed by atoms with Crippen molar-refractivity contribution in [3.63, 3.8) is 0 Å². The summed E-state index contributed by atoms with van der Waals surface area (Å²) in [6, 6.07) is 8.18. The van der Waals surface area contributed by atoms with Crippen molar-refractivity contribution >= 4 is 28.3 Å². The van der Waals surface area contributed by atoms with Gasteiger partial charge in [0.15, 0.2) is 5.78 Å². The number of fused-ring (bicyclic) bond motifs is 1. The Hall–Kier alpha value is -3.81. The number of aromatic nitrogens is 4. The topological polar surface area (TPSA) is 92.8 Å². The Morgan fingerprint density at radius 1 is 1.14 bits per heavy atom. The van der Waals surface area contributed by atoms with E-state index in [0.29, 0.717) is 28.2 Å². The molecule has 4 rings (SSSR count). The third-order valence-corrected chi connectivity index (χ3v) is 4.22. The van der Waals surface area contributed by atoms with Crippen molar-refractivity contribution in [2.45, 2.75) is 6.92 Å². The Labute approximate surface area is 159 Å². The fourth-order valence-electron chi connectivity index (χ4n) is 2.84. The van der Waals surface area contributed by atoms with Crippen LogP contribution in [-0.2, 0) is 0 Å². The van der Waals surface area contributed by atoms with Gasteiger partial charge in [0.05, 0.1) is 24.6 Å². The smallest absolute Gasteiger partial charge is 0.226 e. The van der Waals surface area contributed by atoms with Gasteiger partial charge >= 0.3 is 0 Å². The van der Waals surface area contributed by atoms with Gasteiger partial charge in [-0.1, -0.05) is 0 Å². The molecule has 0 amide bonds. The zero-order chi connectivity index (χ0) is 19.7. The number of H-pyrrole nitrogens is 1. The quantitative estimate of drug-likeness (QED) is 0.406. The molecular weight excluding hydrogens is 361 g/mol. The molecule has 4 aromatic heterocycles. The Kier molecular flexibility index (Phi) is 4.44. The minimum Gasteiger partial charge on any atom is -0.481 e. The lowest BCUT2D eigenvalue weighted by Gasteiger charge is -2.08. The van der Waals surface area contributed by atoms with Crippen molar-refractivity contribution in [3.8, 4) is 5.88 Å². The Morgan fingerprint density at radius 3 is 2.71 bits per heavy atom. The van der Waals surface area contributed by atoms with Crippen molar-refractivity contribution in [1.82, 2.24) is 19.9 Å². The highest BCUT2D eigenvalue weighted by atomic mass is 19.1. The van der Waals surface area contributed by atoms with E-state index < -0.39 is 11.7 Å². The molecule has 0 aliphatic carbocycles.